The second kappa shape index (κ2) is 8.90. The second-order valence-corrected chi connectivity index (χ2v) is 7.32. The Bertz CT molecular complexity index is 1020. The van der Waals surface area contributed by atoms with E-state index in [1.54, 1.807) is 30.3 Å². The van der Waals surface area contributed by atoms with Crippen LogP contribution in [0, 0.1) is 6.92 Å². The molecule has 2 N–H and O–H groups in total. The highest BCUT2D eigenvalue weighted by Crippen LogP contribution is 2.24. The van der Waals surface area contributed by atoms with E-state index in [1.807, 2.05) is 29.7 Å². The maximum atomic E-state index is 12.2. The fourth-order valence-electron chi connectivity index (χ4n) is 2.55. The van der Waals surface area contributed by atoms with Crippen LogP contribution in [0.25, 0.3) is 5.69 Å². The van der Waals surface area contributed by atoms with E-state index in [1.165, 1.54) is 18.7 Å². The standard InChI is InChI=1S/C19H18ClN5O2S/c1-12-23-24-19(25(12)17-8-4-7-16(10-17)21-13(2)26)28-11-18(27)22-15-6-3-5-14(20)9-15/h3-10H,11H2,1-2H3,(H,21,26)(H,22,27). The van der Waals surface area contributed by atoms with E-state index >= 15 is 0 Å². The Morgan fingerprint density at radius 2 is 1.79 bits per heavy atom. The van der Waals surface area contributed by atoms with Crippen molar-refractivity contribution in [2.24, 2.45) is 0 Å². The number of anilines is 2. The van der Waals surface area contributed by atoms with Gasteiger partial charge in [-0.15, -0.1) is 10.2 Å². The number of thioether (sulfide) groups is 1. The number of aryl methyl sites for hydroxylation is 1. The van der Waals surface area contributed by atoms with Gasteiger partial charge in [-0.25, -0.2) is 0 Å². The molecule has 0 saturated carbocycles. The number of nitrogens with one attached hydrogen (secondary N) is 2. The van der Waals surface area contributed by atoms with Crippen LogP contribution in [0.4, 0.5) is 11.4 Å². The van der Waals surface area contributed by atoms with Gasteiger partial charge in [-0.2, -0.15) is 0 Å². The van der Waals surface area contributed by atoms with Crippen molar-refractivity contribution in [3.63, 3.8) is 0 Å². The molecule has 1 aromatic heterocycles. The third-order valence-corrected chi connectivity index (χ3v) is 4.82. The highest BCUT2D eigenvalue weighted by molar-refractivity contribution is 7.99. The Balaban J connectivity index is 1.73. The smallest absolute Gasteiger partial charge is 0.234 e. The zero-order valence-corrected chi connectivity index (χ0v) is 16.8. The molecule has 3 aromatic rings. The number of nitrogens with zero attached hydrogens (tertiary/aromatic N) is 3. The molecule has 7 nitrogen and oxygen atoms in total. The zero-order valence-electron chi connectivity index (χ0n) is 15.3. The average Bonchev–Trinajstić information content (AvgIpc) is 3.00. The van der Waals surface area contributed by atoms with Crippen molar-refractivity contribution in [2.75, 3.05) is 16.4 Å². The van der Waals surface area contributed by atoms with Crippen LogP contribution in [0.15, 0.2) is 53.7 Å². The average molecular weight is 416 g/mol. The number of aromatic nitrogens is 3. The number of carbonyl (C=O) groups is 2. The quantitative estimate of drug-likeness (QED) is 0.595. The first-order valence-corrected chi connectivity index (χ1v) is 9.77. The number of hydrogen-bond acceptors (Lipinski definition) is 5. The Morgan fingerprint density at radius 3 is 2.50 bits per heavy atom. The van der Waals surface area contributed by atoms with Gasteiger partial charge in [-0.05, 0) is 43.3 Å². The maximum Gasteiger partial charge on any atom is 0.234 e. The summed E-state index contributed by atoms with van der Waals surface area (Å²) in [6, 6.07) is 14.3. The minimum absolute atomic E-state index is 0.148. The second-order valence-electron chi connectivity index (χ2n) is 5.94. The zero-order chi connectivity index (χ0) is 20.1. The van der Waals surface area contributed by atoms with E-state index in [9.17, 15) is 9.59 Å². The molecule has 2 amide bonds. The lowest BCUT2D eigenvalue weighted by Gasteiger charge is -2.10. The molecule has 0 aliphatic heterocycles. The van der Waals surface area contributed by atoms with Crippen LogP contribution in [-0.2, 0) is 9.59 Å². The van der Waals surface area contributed by atoms with Crippen LogP contribution >= 0.6 is 23.4 Å². The SMILES string of the molecule is CC(=O)Nc1cccc(-n2c(C)nnc2SCC(=O)Nc2cccc(Cl)c2)c1. The molecule has 0 fully saturated rings. The molecule has 9 heteroatoms. The van der Waals surface area contributed by atoms with Crippen LogP contribution in [0.3, 0.4) is 0 Å². The molecule has 0 aliphatic rings. The van der Waals surface area contributed by atoms with E-state index in [4.69, 9.17) is 11.6 Å². The third-order valence-electron chi connectivity index (χ3n) is 3.66. The van der Waals surface area contributed by atoms with E-state index in [-0.39, 0.29) is 17.6 Å². The van der Waals surface area contributed by atoms with Crippen molar-refractivity contribution in [2.45, 2.75) is 19.0 Å². The largest absolute Gasteiger partial charge is 0.326 e. The van der Waals surface area contributed by atoms with Crippen LogP contribution in [-0.4, -0.2) is 32.3 Å². The van der Waals surface area contributed by atoms with Gasteiger partial charge in [-0.1, -0.05) is 35.5 Å². The summed E-state index contributed by atoms with van der Waals surface area (Å²) in [5.74, 6) is 0.518. The molecule has 1 heterocycles. The number of hydrogen-bond donors (Lipinski definition) is 2. The Hall–Kier alpha value is -2.84. The van der Waals surface area contributed by atoms with Gasteiger partial charge in [0.05, 0.1) is 11.4 Å². The van der Waals surface area contributed by atoms with Crippen molar-refractivity contribution >= 4 is 46.6 Å². The molecule has 28 heavy (non-hydrogen) atoms. The van der Waals surface area contributed by atoms with E-state index < -0.39 is 0 Å². The van der Waals surface area contributed by atoms with Crippen LogP contribution < -0.4 is 10.6 Å². The molecular weight excluding hydrogens is 398 g/mol. The minimum Gasteiger partial charge on any atom is -0.326 e. The molecule has 0 aliphatic carbocycles. The van der Waals surface area contributed by atoms with Crippen molar-refractivity contribution in [1.82, 2.24) is 14.8 Å². The molecule has 0 spiro atoms. The number of amides is 2. The summed E-state index contributed by atoms with van der Waals surface area (Å²) in [7, 11) is 0. The Morgan fingerprint density at radius 1 is 1.07 bits per heavy atom. The summed E-state index contributed by atoms with van der Waals surface area (Å²) in [5.41, 5.74) is 2.11. The highest BCUT2D eigenvalue weighted by Gasteiger charge is 2.14. The fraction of sp³-hybridized carbons (Fsp3) is 0.158. The lowest BCUT2D eigenvalue weighted by Crippen LogP contribution is -2.14. The molecule has 0 bridgehead atoms. The molecular formula is C19H18ClN5O2S. The summed E-state index contributed by atoms with van der Waals surface area (Å²) in [6.45, 7) is 3.28. The van der Waals surface area contributed by atoms with Crippen molar-refractivity contribution in [3.8, 4) is 5.69 Å². The van der Waals surface area contributed by atoms with Gasteiger partial charge in [0.1, 0.15) is 5.82 Å². The van der Waals surface area contributed by atoms with Crippen LogP contribution in [0.2, 0.25) is 5.02 Å². The highest BCUT2D eigenvalue weighted by atomic mass is 35.5. The van der Waals surface area contributed by atoms with Crippen molar-refractivity contribution in [3.05, 3.63) is 59.4 Å². The fourth-order valence-corrected chi connectivity index (χ4v) is 3.54. The summed E-state index contributed by atoms with van der Waals surface area (Å²) in [5, 5.41) is 15.0. The topological polar surface area (TPSA) is 88.9 Å². The van der Waals surface area contributed by atoms with Gasteiger partial charge in [0.15, 0.2) is 5.16 Å². The van der Waals surface area contributed by atoms with Gasteiger partial charge in [0.25, 0.3) is 0 Å². The van der Waals surface area contributed by atoms with Crippen molar-refractivity contribution in [1.29, 1.82) is 0 Å². The van der Waals surface area contributed by atoms with E-state index in [2.05, 4.69) is 20.8 Å². The Labute approximate surface area is 171 Å². The summed E-state index contributed by atoms with van der Waals surface area (Å²) in [6.07, 6.45) is 0. The molecule has 144 valence electrons. The number of rotatable bonds is 6. The first kappa shape index (κ1) is 19.9. The molecule has 2 aromatic carbocycles. The maximum absolute atomic E-state index is 12.2. The number of halogens is 1. The lowest BCUT2D eigenvalue weighted by molar-refractivity contribution is -0.114. The summed E-state index contributed by atoms with van der Waals surface area (Å²) < 4.78 is 1.84. The van der Waals surface area contributed by atoms with E-state index in [0.29, 0.717) is 27.4 Å². The van der Waals surface area contributed by atoms with Gasteiger partial charge < -0.3 is 10.6 Å². The first-order valence-electron chi connectivity index (χ1n) is 8.40. The van der Waals surface area contributed by atoms with Gasteiger partial charge in [0.2, 0.25) is 11.8 Å². The lowest BCUT2D eigenvalue weighted by atomic mass is 10.2. The number of benzene rings is 2. The first-order chi connectivity index (χ1) is 13.4. The number of carbonyl (C=O) groups excluding carboxylic acids is 2. The molecule has 0 unspecified atom stereocenters. The van der Waals surface area contributed by atoms with Gasteiger partial charge >= 0.3 is 0 Å². The predicted octanol–water partition coefficient (Wildman–Crippen LogP) is 3.92. The molecule has 0 atom stereocenters. The summed E-state index contributed by atoms with van der Waals surface area (Å²) >= 11 is 7.20. The molecule has 0 radical (unpaired) electrons. The normalized spacial score (nSPS) is 10.5. The van der Waals surface area contributed by atoms with Crippen LogP contribution in [0.1, 0.15) is 12.7 Å². The van der Waals surface area contributed by atoms with Gasteiger partial charge in [0, 0.05) is 23.3 Å². The van der Waals surface area contributed by atoms with Gasteiger partial charge in [-0.3, -0.25) is 14.2 Å². The third kappa shape index (κ3) is 5.11. The minimum atomic E-state index is -0.175. The van der Waals surface area contributed by atoms with Crippen LogP contribution in [0.5, 0.6) is 0 Å². The molecule has 0 saturated heterocycles. The summed E-state index contributed by atoms with van der Waals surface area (Å²) in [4.78, 5) is 23.5. The van der Waals surface area contributed by atoms with Crippen molar-refractivity contribution < 1.29 is 9.59 Å². The Kier molecular flexibility index (Phi) is 6.33. The monoisotopic (exact) mass is 415 g/mol. The predicted molar refractivity (Wildman–Crippen MR) is 111 cm³/mol. The van der Waals surface area contributed by atoms with E-state index in [0.717, 1.165) is 5.69 Å². The molecule has 3 rings (SSSR count).